The summed E-state index contributed by atoms with van der Waals surface area (Å²) < 4.78 is 52.0. The van der Waals surface area contributed by atoms with E-state index in [0.717, 1.165) is 34.4 Å². The fraction of sp³-hybridized carbons (Fsp3) is 0.355. The number of benzene rings is 3. The fourth-order valence-corrected chi connectivity index (χ4v) is 5.52. The van der Waals surface area contributed by atoms with Crippen LogP contribution in [0.15, 0.2) is 66.7 Å². The number of amides is 2. The molecule has 1 fully saturated rings. The molecule has 0 unspecified atom stereocenters. The minimum Gasteiger partial charge on any atom is -0.448 e. The summed E-state index contributed by atoms with van der Waals surface area (Å²) in [6.45, 7) is 1.94. The standard InChI is InChI=1S/C31H34BF3N3O4/c1-31(2,3)42-29(39)36-23-17-21(16-22(18-23)32(33,34)35)19-37-12-14-38(15-13-37)30(40)41-20-28-26-10-6-4-8-24(26)25-9-5-7-11-27(25)28/h4-11,16-18,28H,12-15,19-20H2,1-3H3,(H,36,39)/q-1. The van der Waals surface area contributed by atoms with E-state index < -0.39 is 30.2 Å². The molecule has 1 aliphatic heterocycles. The molecule has 3 aromatic rings. The molecule has 0 spiro atoms. The Morgan fingerprint density at radius 3 is 2.07 bits per heavy atom. The van der Waals surface area contributed by atoms with Crippen LogP contribution in [0.4, 0.5) is 28.2 Å². The number of nitrogens with one attached hydrogen (secondary N) is 1. The molecule has 5 rings (SSSR count). The average Bonchev–Trinajstić information content (AvgIpc) is 3.24. The maximum atomic E-state index is 13.7. The summed E-state index contributed by atoms with van der Waals surface area (Å²) in [6, 6.07) is 19.8. The number of carbonyl (C=O) groups is 2. The normalized spacial score (nSPS) is 15.6. The van der Waals surface area contributed by atoms with Crippen LogP contribution in [0.5, 0.6) is 0 Å². The summed E-state index contributed by atoms with van der Waals surface area (Å²) in [5.41, 5.74) is 3.44. The third kappa shape index (κ3) is 6.90. The molecular formula is C31H34BF3N3O4-. The van der Waals surface area contributed by atoms with Crippen LogP contribution >= 0.6 is 0 Å². The summed E-state index contributed by atoms with van der Waals surface area (Å²) in [4.78, 5) is 28.7. The molecule has 222 valence electrons. The van der Waals surface area contributed by atoms with Gasteiger partial charge in [-0.3, -0.25) is 10.2 Å². The van der Waals surface area contributed by atoms with Gasteiger partial charge in [0, 0.05) is 44.3 Å². The molecule has 0 radical (unpaired) electrons. The predicted octanol–water partition coefficient (Wildman–Crippen LogP) is 6.15. The minimum absolute atomic E-state index is 0.0215. The van der Waals surface area contributed by atoms with Crippen LogP contribution in [0.25, 0.3) is 11.1 Å². The molecule has 42 heavy (non-hydrogen) atoms. The van der Waals surface area contributed by atoms with Gasteiger partial charge in [0.05, 0.1) is 0 Å². The first-order valence-corrected chi connectivity index (χ1v) is 14.0. The highest BCUT2D eigenvalue weighted by atomic mass is 19.4. The van der Waals surface area contributed by atoms with Crippen LogP contribution in [-0.4, -0.2) is 67.4 Å². The second kappa shape index (κ2) is 11.7. The number of rotatable bonds is 6. The molecule has 2 aliphatic rings. The Kier molecular flexibility index (Phi) is 8.23. The highest BCUT2D eigenvalue weighted by Crippen LogP contribution is 2.44. The number of anilines is 1. The monoisotopic (exact) mass is 580 g/mol. The van der Waals surface area contributed by atoms with Crippen molar-refractivity contribution in [3.63, 3.8) is 0 Å². The zero-order valence-corrected chi connectivity index (χ0v) is 23.9. The van der Waals surface area contributed by atoms with Crippen LogP contribution in [0, 0.1) is 0 Å². The number of nitrogens with zero attached hydrogens (tertiary/aromatic N) is 2. The lowest BCUT2D eigenvalue weighted by Crippen LogP contribution is -2.48. The largest absolute Gasteiger partial charge is 0.509 e. The maximum Gasteiger partial charge on any atom is 0.509 e. The van der Waals surface area contributed by atoms with Gasteiger partial charge < -0.3 is 27.3 Å². The van der Waals surface area contributed by atoms with Crippen LogP contribution in [0.3, 0.4) is 0 Å². The molecule has 0 bridgehead atoms. The van der Waals surface area contributed by atoms with Gasteiger partial charge in [-0.05, 0) is 54.7 Å². The van der Waals surface area contributed by atoms with E-state index in [2.05, 4.69) is 29.6 Å². The third-order valence-corrected chi connectivity index (χ3v) is 7.41. The highest BCUT2D eigenvalue weighted by molar-refractivity contribution is 6.73. The number of hydrogen-bond donors (Lipinski definition) is 1. The van der Waals surface area contributed by atoms with Crippen LogP contribution in [-0.2, 0) is 16.0 Å². The van der Waals surface area contributed by atoms with Crippen molar-refractivity contribution in [2.45, 2.75) is 38.8 Å². The van der Waals surface area contributed by atoms with Crippen molar-refractivity contribution in [3.8, 4) is 11.1 Å². The van der Waals surface area contributed by atoms with E-state index in [1.54, 1.807) is 25.7 Å². The van der Waals surface area contributed by atoms with Gasteiger partial charge in [-0.25, -0.2) is 9.59 Å². The van der Waals surface area contributed by atoms with Crippen LogP contribution in [0.1, 0.15) is 43.4 Å². The smallest absolute Gasteiger partial charge is 0.448 e. The van der Waals surface area contributed by atoms with E-state index in [4.69, 9.17) is 9.47 Å². The molecule has 7 nitrogen and oxygen atoms in total. The Morgan fingerprint density at radius 2 is 1.50 bits per heavy atom. The van der Waals surface area contributed by atoms with Crippen molar-refractivity contribution in [3.05, 3.63) is 83.4 Å². The first-order valence-electron chi connectivity index (χ1n) is 14.0. The molecule has 1 heterocycles. The first kappa shape index (κ1) is 29.5. The van der Waals surface area contributed by atoms with E-state index >= 15 is 0 Å². The van der Waals surface area contributed by atoms with Gasteiger partial charge in [0.25, 0.3) is 0 Å². The lowest BCUT2D eigenvalue weighted by Gasteiger charge is -2.34. The van der Waals surface area contributed by atoms with Gasteiger partial charge in [-0.2, -0.15) is 0 Å². The summed E-state index contributed by atoms with van der Waals surface area (Å²) in [6.07, 6.45) is -1.22. The number of halogens is 3. The minimum atomic E-state index is -5.28. The average molecular weight is 580 g/mol. The molecule has 1 N–H and O–H groups in total. The second-order valence-electron chi connectivity index (χ2n) is 11.7. The van der Waals surface area contributed by atoms with Crippen molar-refractivity contribution in [2.24, 2.45) is 0 Å². The maximum absolute atomic E-state index is 13.7. The molecule has 1 saturated heterocycles. The Bertz CT molecular complexity index is 1420. The van der Waals surface area contributed by atoms with Gasteiger partial charge in [-0.15, -0.1) is 5.46 Å². The van der Waals surface area contributed by atoms with E-state index in [1.165, 1.54) is 6.07 Å². The SMILES string of the molecule is CC(C)(C)OC(=O)Nc1cc(CN2CCN(C(=O)OCC3c4ccccc4-c4ccccc43)CC2)cc([B-](F)(F)F)c1. The van der Waals surface area contributed by atoms with Gasteiger partial charge in [0.2, 0.25) is 0 Å². The van der Waals surface area contributed by atoms with Crippen molar-refractivity contribution in [1.82, 2.24) is 9.80 Å². The van der Waals surface area contributed by atoms with Crippen molar-refractivity contribution < 1.29 is 32.0 Å². The quantitative estimate of drug-likeness (QED) is 0.354. The number of hydrogen-bond acceptors (Lipinski definition) is 5. The summed E-state index contributed by atoms with van der Waals surface area (Å²) in [7, 11) is 0. The van der Waals surface area contributed by atoms with E-state index in [0.29, 0.717) is 31.7 Å². The van der Waals surface area contributed by atoms with Crippen molar-refractivity contribution in [1.29, 1.82) is 0 Å². The highest BCUT2D eigenvalue weighted by Gasteiger charge is 2.31. The Hall–Kier alpha value is -3.99. The molecule has 0 aromatic heterocycles. The van der Waals surface area contributed by atoms with Crippen molar-refractivity contribution in [2.75, 3.05) is 38.1 Å². The fourth-order valence-electron chi connectivity index (χ4n) is 5.52. The summed E-state index contributed by atoms with van der Waals surface area (Å²) in [5, 5.41) is 2.42. The molecule has 0 saturated carbocycles. The zero-order chi connectivity index (χ0) is 30.1. The molecule has 11 heteroatoms. The number of piperazine rings is 1. The van der Waals surface area contributed by atoms with E-state index in [-0.39, 0.29) is 24.8 Å². The third-order valence-electron chi connectivity index (χ3n) is 7.41. The number of fused-ring (bicyclic) bond motifs is 3. The number of ether oxygens (including phenoxy) is 2. The Labute approximate surface area is 243 Å². The molecule has 3 aromatic carbocycles. The molecule has 1 aliphatic carbocycles. The lowest BCUT2D eigenvalue weighted by molar-refractivity contribution is 0.0635. The van der Waals surface area contributed by atoms with E-state index in [1.807, 2.05) is 29.2 Å². The summed E-state index contributed by atoms with van der Waals surface area (Å²) >= 11 is 0. The first-order chi connectivity index (χ1) is 19.9. The Morgan fingerprint density at radius 1 is 0.905 bits per heavy atom. The van der Waals surface area contributed by atoms with E-state index in [9.17, 15) is 22.5 Å². The summed E-state index contributed by atoms with van der Waals surface area (Å²) in [5.74, 6) is -0.0337. The molecular weight excluding hydrogens is 546 g/mol. The second-order valence-corrected chi connectivity index (χ2v) is 11.7. The van der Waals surface area contributed by atoms with Crippen LogP contribution < -0.4 is 10.8 Å². The van der Waals surface area contributed by atoms with Gasteiger partial charge in [0.1, 0.15) is 12.2 Å². The van der Waals surface area contributed by atoms with Crippen LogP contribution in [0.2, 0.25) is 0 Å². The van der Waals surface area contributed by atoms with Gasteiger partial charge in [0.15, 0.2) is 0 Å². The van der Waals surface area contributed by atoms with Crippen molar-refractivity contribution >= 4 is 30.3 Å². The zero-order valence-electron chi connectivity index (χ0n) is 23.9. The van der Waals surface area contributed by atoms with Gasteiger partial charge >= 0.3 is 19.2 Å². The number of carbonyl (C=O) groups excluding carboxylic acids is 2. The topological polar surface area (TPSA) is 71.1 Å². The lowest BCUT2D eigenvalue weighted by atomic mass is 9.79. The van der Waals surface area contributed by atoms with Gasteiger partial charge in [-0.1, -0.05) is 60.7 Å². The molecule has 2 amide bonds. The predicted molar refractivity (Wildman–Crippen MR) is 157 cm³/mol. The Balaban J connectivity index is 1.18. The molecule has 0 atom stereocenters.